The smallest absolute Gasteiger partial charge is 0.188 e. The van der Waals surface area contributed by atoms with Crippen LogP contribution in [0.2, 0.25) is 5.02 Å². The third kappa shape index (κ3) is 1.63. The summed E-state index contributed by atoms with van der Waals surface area (Å²) >= 11 is 5.98. The van der Waals surface area contributed by atoms with Gasteiger partial charge in [0, 0.05) is 0 Å². The first-order valence-electron chi connectivity index (χ1n) is 4.38. The van der Waals surface area contributed by atoms with Crippen LogP contribution in [0, 0.1) is 12.7 Å². The molecule has 0 bridgehead atoms. The van der Waals surface area contributed by atoms with Gasteiger partial charge in [-0.15, -0.1) is 0 Å². The third-order valence-corrected chi connectivity index (χ3v) is 2.68. The van der Waals surface area contributed by atoms with Crippen molar-refractivity contribution in [3.8, 4) is 0 Å². The lowest BCUT2D eigenvalue weighted by atomic mass is 10.1. The Balaban J connectivity index is 2.44. The molecule has 14 heavy (non-hydrogen) atoms. The largest absolute Gasteiger partial charge is 0.346 e. The maximum absolute atomic E-state index is 13.4. The van der Waals surface area contributed by atoms with Crippen molar-refractivity contribution in [2.45, 2.75) is 13.2 Å². The highest BCUT2D eigenvalue weighted by molar-refractivity contribution is 6.32. The quantitative estimate of drug-likeness (QED) is 0.719. The molecule has 0 saturated carbocycles. The lowest BCUT2D eigenvalue weighted by Gasteiger charge is -2.13. The molecule has 0 aromatic heterocycles. The number of halogens is 2. The number of rotatable bonds is 1. The summed E-state index contributed by atoms with van der Waals surface area (Å²) in [6.07, 6.45) is -0.651. The molecule has 2 rings (SSSR count). The van der Waals surface area contributed by atoms with Gasteiger partial charge in [0.2, 0.25) is 0 Å². The van der Waals surface area contributed by atoms with Gasteiger partial charge in [0.25, 0.3) is 0 Å². The molecule has 0 N–H and O–H groups in total. The Labute approximate surface area is 86.6 Å². The van der Waals surface area contributed by atoms with Crippen LogP contribution in [0.15, 0.2) is 12.1 Å². The van der Waals surface area contributed by atoms with E-state index in [-0.39, 0.29) is 5.82 Å². The van der Waals surface area contributed by atoms with Gasteiger partial charge in [-0.2, -0.15) is 0 Å². The van der Waals surface area contributed by atoms with E-state index < -0.39 is 6.29 Å². The highest BCUT2D eigenvalue weighted by Gasteiger charge is 2.25. The molecule has 1 aliphatic rings. The van der Waals surface area contributed by atoms with Crippen molar-refractivity contribution in [2.75, 3.05) is 13.2 Å². The molecule has 1 aliphatic heterocycles. The average molecular weight is 217 g/mol. The summed E-state index contributed by atoms with van der Waals surface area (Å²) in [6.45, 7) is 2.78. The molecule has 0 spiro atoms. The summed E-state index contributed by atoms with van der Waals surface area (Å²) in [6, 6.07) is 3.01. The first-order chi connectivity index (χ1) is 6.70. The average Bonchev–Trinajstić information content (AvgIpc) is 2.65. The Kier molecular flexibility index (Phi) is 2.72. The number of hydrogen-bond acceptors (Lipinski definition) is 2. The molecule has 2 nitrogen and oxygen atoms in total. The summed E-state index contributed by atoms with van der Waals surface area (Å²) in [5, 5.41) is 0.386. The van der Waals surface area contributed by atoms with E-state index in [0.29, 0.717) is 23.8 Å². The second kappa shape index (κ2) is 3.85. The van der Waals surface area contributed by atoms with Crippen LogP contribution in [0.3, 0.4) is 0 Å². The Morgan fingerprint density at radius 1 is 1.36 bits per heavy atom. The van der Waals surface area contributed by atoms with E-state index in [2.05, 4.69) is 0 Å². The lowest BCUT2D eigenvalue weighted by molar-refractivity contribution is -0.0464. The van der Waals surface area contributed by atoms with Gasteiger partial charge in [0.15, 0.2) is 6.29 Å². The van der Waals surface area contributed by atoms with E-state index in [4.69, 9.17) is 21.1 Å². The van der Waals surface area contributed by atoms with Crippen molar-refractivity contribution in [1.82, 2.24) is 0 Å². The number of hydrogen-bond donors (Lipinski definition) is 0. The van der Waals surface area contributed by atoms with Crippen molar-refractivity contribution in [3.63, 3.8) is 0 Å². The van der Waals surface area contributed by atoms with Crippen molar-refractivity contribution < 1.29 is 13.9 Å². The zero-order valence-corrected chi connectivity index (χ0v) is 8.47. The highest BCUT2D eigenvalue weighted by Crippen LogP contribution is 2.33. The molecule has 0 atom stereocenters. The molecule has 0 unspecified atom stereocenters. The molecule has 0 radical (unpaired) electrons. The summed E-state index contributed by atoms with van der Waals surface area (Å²) in [7, 11) is 0. The van der Waals surface area contributed by atoms with Crippen LogP contribution in [-0.4, -0.2) is 13.2 Å². The van der Waals surface area contributed by atoms with E-state index in [9.17, 15) is 4.39 Å². The van der Waals surface area contributed by atoms with Gasteiger partial charge in [-0.1, -0.05) is 17.7 Å². The van der Waals surface area contributed by atoms with Crippen LogP contribution in [0.4, 0.5) is 4.39 Å². The molecule has 0 amide bonds. The van der Waals surface area contributed by atoms with Crippen molar-refractivity contribution in [2.24, 2.45) is 0 Å². The van der Waals surface area contributed by atoms with Gasteiger partial charge in [0.05, 0.1) is 23.8 Å². The maximum atomic E-state index is 13.4. The Morgan fingerprint density at radius 3 is 2.64 bits per heavy atom. The van der Waals surface area contributed by atoms with Gasteiger partial charge >= 0.3 is 0 Å². The molecular weight excluding hydrogens is 207 g/mol. The first kappa shape index (κ1) is 9.90. The minimum absolute atomic E-state index is 0.309. The molecule has 1 saturated heterocycles. The Morgan fingerprint density at radius 2 is 2.00 bits per heavy atom. The van der Waals surface area contributed by atoms with Crippen LogP contribution in [-0.2, 0) is 9.47 Å². The van der Waals surface area contributed by atoms with E-state index >= 15 is 0 Å². The fourth-order valence-electron chi connectivity index (χ4n) is 1.42. The SMILES string of the molecule is Cc1ccc(F)c(C2OCCO2)c1Cl. The maximum Gasteiger partial charge on any atom is 0.188 e. The minimum Gasteiger partial charge on any atom is -0.346 e. The van der Waals surface area contributed by atoms with Gasteiger partial charge in [-0.25, -0.2) is 4.39 Å². The monoisotopic (exact) mass is 216 g/mol. The summed E-state index contributed by atoms with van der Waals surface area (Å²) in [5.74, 6) is -0.382. The molecule has 0 aliphatic carbocycles. The molecular formula is C10H10ClFO2. The lowest BCUT2D eigenvalue weighted by Crippen LogP contribution is -2.03. The molecule has 1 aromatic carbocycles. The standard InChI is InChI=1S/C10H10ClFO2/c1-6-2-3-7(12)8(9(6)11)10-13-4-5-14-10/h2-3,10H,4-5H2,1H3. The van der Waals surface area contributed by atoms with Gasteiger partial charge in [-0.3, -0.25) is 0 Å². The van der Waals surface area contributed by atoms with Crippen LogP contribution < -0.4 is 0 Å². The topological polar surface area (TPSA) is 18.5 Å². The third-order valence-electron chi connectivity index (χ3n) is 2.18. The van der Waals surface area contributed by atoms with Crippen molar-refractivity contribution >= 4 is 11.6 Å². The van der Waals surface area contributed by atoms with Crippen LogP contribution >= 0.6 is 11.6 Å². The predicted molar refractivity (Wildman–Crippen MR) is 50.8 cm³/mol. The second-order valence-corrected chi connectivity index (χ2v) is 3.54. The summed E-state index contributed by atoms with van der Waals surface area (Å²) < 4.78 is 23.9. The second-order valence-electron chi connectivity index (χ2n) is 3.17. The van der Waals surface area contributed by atoms with E-state index in [0.717, 1.165) is 5.56 Å². The molecule has 76 valence electrons. The number of aryl methyl sites for hydroxylation is 1. The zero-order valence-electron chi connectivity index (χ0n) is 7.72. The molecule has 4 heteroatoms. The fraction of sp³-hybridized carbons (Fsp3) is 0.400. The van der Waals surface area contributed by atoms with Crippen molar-refractivity contribution in [3.05, 3.63) is 34.1 Å². The first-order valence-corrected chi connectivity index (χ1v) is 4.75. The predicted octanol–water partition coefficient (Wildman–Crippen LogP) is 2.83. The van der Waals surface area contributed by atoms with Crippen LogP contribution in [0.5, 0.6) is 0 Å². The zero-order chi connectivity index (χ0) is 10.1. The normalized spacial score (nSPS) is 17.6. The number of ether oxygens (including phenoxy) is 2. The van der Waals surface area contributed by atoms with Gasteiger partial charge < -0.3 is 9.47 Å². The number of benzene rings is 1. The Hall–Kier alpha value is -0.640. The van der Waals surface area contributed by atoms with Crippen LogP contribution in [0.1, 0.15) is 17.4 Å². The minimum atomic E-state index is -0.651. The molecule has 1 heterocycles. The van der Waals surface area contributed by atoms with E-state index in [1.54, 1.807) is 6.07 Å². The van der Waals surface area contributed by atoms with Gasteiger partial charge in [-0.05, 0) is 18.6 Å². The summed E-state index contributed by atoms with van der Waals surface area (Å²) in [4.78, 5) is 0. The van der Waals surface area contributed by atoms with Crippen molar-refractivity contribution in [1.29, 1.82) is 0 Å². The van der Waals surface area contributed by atoms with E-state index in [1.165, 1.54) is 6.07 Å². The highest BCUT2D eigenvalue weighted by atomic mass is 35.5. The summed E-state index contributed by atoms with van der Waals surface area (Å²) in [5.41, 5.74) is 1.13. The molecule has 1 aromatic rings. The van der Waals surface area contributed by atoms with Crippen LogP contribution in [0.25, 0.3) is 0 Å². The Bertz CT molecular complexity index is 348. The van der Waals surface area contributed by atoms with E-state index in [1.807, 2.05) is 6.92 Å². The fourth-order valence-corrected chi connectivity index (χ4v) is 1.66. The van der Waals surface area contributed by atoms with Gasteiger partial charge in [0.1, 0.15) is 5.82 Å². The molecule has 1 fully saturated rings.